The first kappa shape index (κ1) is 17.2. The van der Waals surface area contributed by atoms with Gasteiger partial charge in [0.2, 0.25) is 5.91 Å². The molecule has 0 bridgehead atoms. The molecule has 24 heavy (non-hydrogen) atoms. The molecular weight excluding hydrogens is 321 g/mol. The van der Waals surface area contributed by atoms with Gasteiger partial charge in [0.05, 0.1) is 18.8 Å². The topological polar surface area (TPSA) is 41.6 Å². The maximum absolute atomic E-state index is 12.6. The highest BCUT2D eigenvalue weighted by atomic mass is 19.4. The van der Waals surface area contributed by atoms with E-state index in [4.69, 9.17) is 4.74 Å². The number of nitrogens with one attached hydrogen (secondary N) is 1. The quantitative estimate of drug-likeness (QED) is 0.894. The summed E-state index contributed by atoms with van der Waals surface area (Å²) in [5.74, 6) is 0.0281. The van der Waals surface area contributed by atoms with Crippen molar-refractivity contribution in [2.45, 2.75) is 44.1 Å². The number of carbonyl (C=O) groups excluding carboxylic acids is 1. The molecule has 1 unspecified atom stereocenters. The lowest BCUT2D eigenvalue weighted by molar-refractivity contribution is -0.137. The van der Waals surface area contributed by atoms with Crippen molar-refractivity contribution in [2.24, 2.45) is 0 Å². The lowest BCUT2D eigenvalue weighted by Crippen LogP contribution is -2.45. The number of hydrogen-bond acceptors (Lipinski definition) is 3. The van der Waals surface area contributed by atoms with E-state index >= 15 is 0 Å². The summed E-state index contributed by atoms with van der Waals surface area (Å²) < 4.78 is 43.2. The molecule has 1 saturated carbocycles. The number of morpholine rings is 1. The molecular formula is C17H21F3N2O2. The molecule has 0 spiro atoms. The summed E-state index contributed by atoms with van der Waals surface area (Å²) in [5, 5.41) is 3.25. The van der Waals surface area contributed by atoms with Crippen LogP contribution in [-0.2, 0) is 22.3 Å². The van der Waals surface area contributed by atoms with Crippen LogP contribution in [0.3, 0.4) is 0 Å². The molecule has 3 rings (SSSR count). The standard InChI is InChI=1S/C17H21F3N2O2/c18-17(19,20)13-3-1-12(2-4-13)10-22(15-5-6-15)16(23)9-14-11-24-8-7-21-14/h1-4,14-15,21H,5-11H2. The Bertz CT molecular complexity index is 564. The second-order valence-electron chi connectivity index (χ2n) is 6.38. The van der Waals surface area contributed by atoms with Crippen LogP contribution in [0.15, 0.2) is 24.3 Å². The van der Waals surface area contributed by atoms with Crippen LogP contribution >= 0.6 is 0 Å². The van der Waals surface area contributed by atoms with Crippen molar-refractivity contribution in [3.63, 3.8) is 0 Å². The van der Waals surface area contributed by atoms with Gasteiger partial charge in [-0.25, -0.2) is 0 Å². The van der Waals surface area contributed by atoms with Gasteiger partial charge < -0.3 is 15.0 Å². The minimum absolute atomic E-state index is 0.0140. The highest BCUT2D eigenvalue weighted by molar-refractivity contribution is 5.77. The highest BCUT2D eigenvalue weighted by Gasteiger charge is 2.34. The molecule has 0 aromatic heterocycles. The number of amides is 1. The van der Waals surface area contributed by atoms with Crippen LogP contribution in [0.2, 0.25) is 0 Å². The van der Waals surface area contributed by atoms with Crippen molar-refractivity contribution >= 4 is 5.91 Å². The minimum Gasteiger partial charge on any atom is -0.378 e. The molecule has 1 aliphatic heterocycles. The Morgan fingerprint density at radius 1 is 1.25 bits per heavy atom. The molecule has 1 heterocycles. The first-order valence-corrected chi connectivity index (χ1v) is 8.20. The third-order valence-corrected chi connectivity index (χ3v) is 4.36. The molecule has 1 saturated heterocycles. The number of carbonyl (C=O) groups is 1. The largest absolute Gasteiger partial charge is 0.416 e. The van der Waals surface area contributed by atoms with E-state index in [9.17, 15) is 18.0 Å². The van der Waals surface area contributed by atoms with E-state index in [1.165, 1.54) is 12.1 Å². The molecule has 1 amide bonds. The predicted molar refractivity (Wildman–Crippen MR) is 82.2 cm³/mol. The fourth-order valence-corrected chi connectivity index (χ4v) is 2.88. The van der Waals surface area contributed by atoms with Crippen molar-refractivity contribution in [1.82, 2.24) is 10.2 Å². The zero-order valence-electron chi connectivity index (χ0n) is 13.3. The summed E-state index contributed by atoms with van der Waals surface area (Å²) in [7, 11) is 0. The van der Waals surface area contributed by atoms with Crippen LogP contribution in [-0.4, -0.2) is 42.6 Å². The maximum atomic E-state index is 12.6. The van der Waals surface area contributed by atoms with Gasteiger partial charge >= 0.3 is 6.18 Å². The van der Waals surface area contributed by atoms with Crippen molar-refractivity contribution in [3.05, 3.63) is 35.4 Å². The molecule has 7 heteroatoms. The normalized spacial score (nSPS) is 21.5. The summed E-state index contributed by atoms with van der Waals surface area (Å²) in [6.07, 6.45) is -2.06. The summed E-state index contributed by atoms with van der Waals surface area (Å²) in [6.45, 7) is 2.27. The van der Waals surface area contributed by atoms with E-state index in [0.717, 1.165) is 37.1 Å². The molecule has 2 aliphatic rings. The third kappa shape index (κ3) is 4.48. The highest BCUT2D eigenvalue weighted by Crippen LogP contribution is 2.31. The second kappa shape index (κ2) is 7.11. The smallest absolute Gasteiger partial charge is 0.378 e. The molecule has 132 valence electrons. The Labute approximate surface area is 139 Å². The van der Waals surface area contributed by atoms with Crippen LogP contribution in [0.1, 0.15) is 30.4 Å². The molecule has 2 fully saturated rings. The first-order chi connectivity index (χ1) is 11.4. The fourth-order valence-electron chi connectivity index (χ4n) is 2.88. The van der Waals surface area contributed by atoms with Crippen molar-refractivity contribution in [2.75, 3.05) is 19.8 Å². The predicted octanol–water partition coefficient (Wildman–Crippen LogP) is 2.57. The average molecular weight is 342 g/mol. The molecule has 0 radical (unpaired) electrons. The summed E-state index contributed by atoms with van der Waals surface area (Å²) in [4.78, 5) is 14.4. The van der Waals surface area contributed by atoms with Gasteiger partial charge in [0, 0.05) is 31.6 Å². The van der Waals surface area contributed by atoms with Crippen LogP contribution in [0.4, 0.5) is 13.2 Å². The number of ether oxygens (including phenoxy) is 1. The van der Waals surface area contributed by atoms with Crippen LogP contribution in [0, 0.1) is 0 Å². The summed E-state index contributed by atoms with van der Waals surface area (Å²) in [6, 6.07) is 5.27. The van der Waals surface area contributed by atoms with Gasteiger partial charge in [-0.1, -0.05) is 12.1 Å². The van der Waals surface area contributed by atoms with Gasteiger partial charge in [-0.15, -0.1) is 0 Å². The van der Waals surface area contributed by atoms with Gasteiger partial charge in [0.25, 0.3) is 0 Å². The Morgan fingerprint density at radius 3 is 2.50 bits per heavy atom. The zero-order valence-corrected chi connectivity index (χ0v) is 13.3. The Kier molecular flexibility index (Phi) is 5.10. The van der Waals surface area contributed by atoms with E-state index in [2.05, 4.69) is 5.32 Å². The number of alkyl halides is 3. The van der Waals surface area contributed by atoms with Gasteiger partial charge in [-0.05, 0) is 30.5 Å². The van der Waals surface area contributed by atoms with Crippen LogP contribution in [0.5, 0.6) is 0 Å². The monoisotopic (exact) mass is 342 g/mol. The van der Waals surface area contributed by atoms with E-state index in [1.54, 1.807) is 4.90 Å². The second-order valence-corrected chi connectivity index (χ2v) is 6.38. The Balaban J connectivity index is 1.62. The lowest BCUT2D eigenvalue weighted by atomic mass is 10.1. The minimum atomic E-state index is -4.34. The Hall–Kier alpha value is -1.60. The van der Waals surface area contributed by atoms with Crippen molar-refractivity contribution in [1.29, 1.82) is 0 Å². The molecule has 1 N–H and O–H groups in total. The van der Waals surface area contributed by atoms with E-state index in [-0.39, 0.29) is 18.0 Å². The van der Waals surface area contributed by atoms with Gasteiger partial charge in [0.15, 0.2) is 0 Å². The molecule has 1 atom stereocenters. The molecule has 1 aromatic carbocycles. The maximum Gasteiger partial charge on any atom is 0.416 e. The van der Waals surface area contributed by atoms with Gasteiger partial charge in [-0.2, -0.15) is 13.2 Å². The number of halogens is 3. The van der Waals surface area contributed by atoms with E-state index in [1.807, 2.05) is 0 Å². The third-order valence-electron chi connectivity index (χ3n) is 4.36. The van der Waals surface area contributed by atoms with E-state index in [0.29, 0.717) is 26.2 Å². The summed E-state index contributed by atoms with van der Waals surface area (Å²) in [5.41, 5.74) is 0.0511. The zero-order chi connectivity index (χ0) is 17.2. The number of hydrogen-bond donors (Lipinski definition) is 1. The van der Waals surface area contributed by atoms with E-state index < -0.39 is 11.7 Å². The number of rotatable bonds is 5. The SMILES string of the molecule is O=C(CC1COCCN1)N(Cc1ccc(C(F)(F)F)cc1)C1CC1. The lowest BCUT2D eigenvalue weighted by Gasteiger charge is -2.28. The number of nitrogens with zero attached hydrogens (tertiary/aromatic N) is 1. The molecule has 1 aliphatic carbocycles. The molecule has 4 nitrogen and oxygen atoms in total. The number of benzene rings is 1. The van der Waals surface area contributed by atoms with Crippen LogP contribution in [0.25, 0.3) is 0 Å². The van der Waals surface area contributed by atoms with Crippen molar-refractivity contribution < 1.29 is 22.7 Å². The average Bonchev–Trinajstić information content (AvgIpc) is 3.38. The summed E-state index contributed by atoms with van der Waals surface area (Å²) >= 11 is 0. The first-order valence-electron chi connectivity index (χ1n) is 8.20. The Morgan fingerprint density at radius 2 is 1.96 bits per heavy atom. The fraction of sp³-hybridized carbons (Fsp3) is 0.588. The molecule has 1 aromatic rings. The van der Waals surface area contributed by atoms with Gasteiger partial charge in [-0.3, -0.25) is 4.79 Å². The van der Waals surface area contributed by atoms with Crippen molar-refractivity contribution in [3.8, 4) is 0 Å². The van der Waals surface area contributed by atoms with Gasteiger partial charge in [0.1, 0.15) is 0 Å². The van der Waals surface area contributed by atoms with Crippen LogP contribution < -0.4 is 5.32 Å².